The third kappa shape index (κ3) is 8.49. The molecule has 0 saturated carbocycles. The summed E-state index contributed by atoms with van der Waals surface area (Å²) >= 11 is 1.79. The van der Waals surface area contributed by atoms with Crippen LogP contribution < -0.4 is 0 Å². The number of nitrogens with zero attached hydrogens (tertiary/aromatic N) is 1. The molecule has 3 nitrogen and oxygen atoms in total. The number of aliphatic hydroxyl groups is 1. The van der Waals surface area contributed by atoms with E-state index in [-0.39, 0.29) is 47.9 Å². The maximum absolute atomic E-state index is 12.2. The van der Waals surface area contributed by atoms with Crippen LogP contribution in [0.5, 0.6) is 0 Å². The number of ketones is 1. The number of hydrogen-bond donors (Lipinski definition) is 1. The van der Waals surface area contributed by atoms with Crippen molar-refractivity contribution in [3.8, 4) is 22.4 Å². The molecule has 47 heavy (non-hydrogen) atoms. The number of benzene rings is 3. The van der Waals surface area contributed by atoms with Crippen molar-refractivity contribution in [3.63, 3.8) is 0 Å². The Kier molecular flexibility index (Phi) is 12.9. The third-order valence-electron chi connectivity index (χ3n) is 10.0. The molecule has 0 fully saturated rings. The van der Waals surface area contributed by atoms with E-state index in [1.807, 2.05) is 47.7 Å². The van der Waals surface area contributed by atoms with Gasteiger partial charge in [-0.05, 0) is 65.1 Å². The summed E-state index contributed by atoms with van der Waals surface area (Å²) in [4.78, 5) is 16.9. The van der Waals surface area contributed by atoms with E-state index < -0.39 is 0 Å². The standard InChI is InChI=1S/C27H22NS.C15H28O2.Ir/c1-27(2,3)24-16-21(15-19-7-4-5-9-22(19)24)25-17-20(11-13-28-25)23-10-6-8-18-12-14-29-26(18)23;1-7-14(5,8-2)12(16)11-13(17)15(6,9-3)10-4;/h4-14,16-17H,1-3H3;11,16H,7-10H2,1-6H3;/q-1;;/b;12-11-;. The fourth-order valence-corrected chi connectivity index (χ4v) is 6.57. The van der Waals surface area contributed by atoms with Crippen molar-refractivity contribution in [2.45, 2.75) is 93.4 Å². The van der Waals surface area contributed by atoms with E-state index in [1.54, 1.807) is 11.3 Å². The molecule has 2 aromatic heterocycles. The molecule has 5 rings (SSSR count). The first-order valence-corrected chi connectivity index (χ1v) is 17.5. The molecule has 251 valence electrons. The van der Waals surface area contributed by atoms with Gasteiger partial charge in [0.2, 0.25) is 0 Å². The Balaban J connectivity index is 0.000000290. The van der Waals surface area contributed by atoms with Crippen LogP contribution in [-0.4, -0.2) is 15.9 Å². The van der Waals surface area contributed by atoms with Crippen molar-refractivity contribution in [3.05, 3.63) is 102 Å². The van der Waals surface area contributed by atoms with Gasteiger partial charge >= 0.3 is 0 Å². The molecule has 3 aromatic carbocycles. The Bertz CT molecular complexity index is 1840. The smallest absolute Gasteiger partial charge is 0.164 e. The first-order chi connectivity index (χ1) is 21.8. The van der Waals surface area contributed by atoms with Crippen LogP contribution in [0.15, 0.2) is 90.1 Å². The fraction of sp³-hybridized carbons (Fsp3) is 0.381. The fourth-order valence-electron chi connectivity index (χ4n) is 5.64. The second kappa shape index (κ2) is 15.9. The van der Waals surface area contributed by atoms with Crippen LogP contribution in [0.1, 0.15) is 93.6 Å². The van der Waals surface area contributed by atoms with Crippen LogP contribution in [0, 0.1) is 16.9 Å². The summed E-state index contributed by atoms with van der Waals surface area (Å²) in [5, 5.41) is 16.0. The quantitative estimate of drug-likeness (QED) is 0.0915. The summed E-state index contributed by atoms with van der Waals surface area (Å²) < 4.78 is 1.32. The van der Waals surface area contributed by atoms with Gasteiger partial charge in [-0.3, -0.25) is 9.78 Å². The number of fused-ring (bicyclic) bond motifs is 2. The van der Waals surface area contributed by atoms with Crippen molar-refractivity contribution in [1.29, 1.82) is 0 Å². The van der Waals surface area contributed by atoms with Crippen LogP contribution >= 0.6 is 11.3 Å². The molecule has 0 aliphatic carbocycles. The second-order valence-corrected chi connectivity index (χ2v) is 14.8. The average molecular weight is 825 g/mol. The number of allylic oxidation sites excluding steroid dienone is 2. The van der Waals surface area contributed by atoms with Gasteiger partial charge in [0.25, 0.3) is 0 Å². The van der Waals surface area contributed by atoms with Gasteiger partial charge < -0.3 is 5.11 Å². The molecule has 0 amide bonds. The molecule has 0 unspecified atom stereocenters. The molecule has 5 heteroatoms. The van der Waals surface area contributed by atoms with Gasteiger partial charge in [-0.1, -0.05) is 116 Å². The first-order valence-electron chi connectivity index (χ1n) is 16.6. The summed E-state index contributed by atoms with van der Waals surface area (Å²) in [6, 6.07) is 27.4. The second-order valence-electron chi connectivity index (χ2n) is 13.9. The number of carbonyl (C=O) groups excluding carboxylic acids is 1. The zero-order chi connectivity index (χ0) is 33.7. The van der Waals surface area contributed by atoms with E-state index in [0.29, 0.717) is 0 Å². The predicted octanol–water partition coefficient (Wildman–Crippen LogP) is 12.5. The number of aliphatic hydroxyl groups excluding tert-OH is 1. The van der Waals surface area contributed by atoms with Crippen LogP contribution in [0.25, 0.3) is 43.2 Å². The van der Waals surface area contributed by atoms with Gasteiger partial charge in [0.05, 0.1) is 0 Å². The van der Waals surface area contributed by atoms with Gasteiger partial charge in [0.1, 0.15) is 5.76 Å². The molecule has 1 N–H and O–H groups in total. The minimum atomic E-state index is -0.337. The minimum absolute atomic E-state index is 0. The van der Waals surface area contributed by atoms with Gasteiger partial charge in [-0.2, -0.15) is 0 Å². The Morgan fingerprint density at radius 1 is 0.851 bits per heavy atom. The molecule has 0 saturated heterocycles. The van der Waals surface area contributed by atoms with E-state index >= 15 is 0 Å². The SMILES string of the molecule is CC(C)(C)c1cc(-c2cc(-c3cccc4ccsc34)ccn2)[c-]c2ccccc12.CCC(C)(CC)C(=O)/C=C(\O)C(C)(CC)CC.[Ir]. The molecule has 5 aromatic rings. The van der Waals surface area contributed by atoms with Gasteiger partial charge in [0.15, 0.2) is 5.78 Å². The zero-order valence-electron chi connectivity index (χ0n) is 29.5. The molecule has 0 bridgehead atoms. The Morgan fingerprint density at radius 3 is 2.15 bits per heavy atom. The number of thiophene rings is 1. The number of carbonyl (C=O) groups is 1. The van der Waals surface area contributed by atoms with Gasteiger partial charge in [-0.25, -0.2) is 0 Å². The molecule has 0 aliphatic rings. The normalized spacial score (nSPS) is 12.4. The molecular weight excluding hydrogens is 775 g/mol. The first kappa shape index (κ1) is 38.3. The largest absolute Gasteiger partial charge is 0.512 e. The zero-order valence-corrected chi connectivity index (χ0v) is 32.7. The van der Waals surface area contributed by atoms with Crippen molar-refractivity contribution >= 4 is 38.0 Å². The van der Waals surface area contributed by atoms with Crippen LogP contribution in [-0.2, 0) is 30.3 Å². The van der Waals surface area contributed by atoms with Crippen molar-refractivity contribution < 1.29 is 30.0 Å². The summed E-state index contributed by atoms with van der Waals surface area (Å²) in [6.45, 7) is 18.9. The Morgan fingerprint density at radius 2 is 1.51 bits per heavy atom. The van der Waals surface area contributed by atoms with E-state index in [1.165, 1.54) is 38.2 Å². The molecule has 0 spiro atoms. The molecule has 0 aliphatic heterocycles. The predicted molar refractivity (Wildman–Crippen MR) is 199 cm³/mol. The molecule has 0 atom stereocenters. The maximum atomic E-state index is 12.2. The number of hydrogen-bond acceptors (Lipinski definition) is 4. The van der Waals surface area contributed by atoms with E-state index in [9.17, 15) is 9.90 Å². The van der Waals surface area contributed by atoms with E-state index in [4.69, 9.17) is 4.98 Å². The minimum Gasteiger partial charge on any atom is -0.512 e. The monoisotopic (exact) mass is 825 g/mol. The maximum Gasteiger partial charge on any atom is 0.164 e. The number of rotatable bonds is 9. The third-order valence-corrected chi connectivity index (χ3v) is 11.0. The van der Waals surface area contributed by atoms with E-state index in [2.05, 4.69) is 98.9 Å². The molecule has 1 radical (unpaired) electrons. The summed E-state index contributed by atoms with van der Waals surface area (Å²) in [6.07, 6.45) is 6.67. The summed E-state index contributed by atoms with van der Waals surface area (Å²) in [7, 11) is 0. The van der Waals surface area contributed by atoms with E-state index in [0.717, 1.165) is 42.3 Å². The van der Waals surface area contributed by atoms with Gasteiger partial charge in [-0.15, -0.1) is 40.5 Å². The summed E-state index contributed by atoms with van der Waals surface area (Å²) in [5.74, 6) is 0.286. The van der Waals surface area contributed by atoms with Crippen molar-refractivity contribution in [2.24, 2.45) is 10.8 Å². The Labute approximate surface area is 299 Å². The topological polar surface area (TPSA) is 50.2 Å². The van der Waals surface area contributed by atoms with Crippen LogP contribution in [0.3, 0.4) is 0 Å². The Hall–Kier alpha value is -3.11. The van der Waals surface area contributed by atoms with Crippen LogP contribution in [0.4, 0.5) is 0 Å². The molecule has 2 heterocycles. The van der Waals surface area contributed by atoms with Crippen molar-refractivity contribution in [1.82, 2.24) is 4.98 Å². The van der Waals surface area contributed by atoms with Crippen LogP contribution in [0.2, 0.25) is 0 Å². The molecular formula is C42H50IrNO2S-. The number of pyridine rings is 1. The summed E-state index contributed by atoms with van der Waals surface area (Å²) in [5.41, 5.74) is 5.24. The average Bonchev–Trinajstić information content (AvgIpc) is 3.56. The van der Waals surface area contributed by atoms with Crippen molar-refractivity contribution in [2.75, 3.05) is 0 Å². The number of aromatic nitrogens is 1. The van der Waals surface area contributed by atoms with Gasteiger partial charge in [0, 0.05) is 53.6 Å².